The summed E-state index contributed by atoms with van der Waals surface area (Å²) in [6.45, 7) is 8.13. The summed E-state index contributed by atoms with van der Waals surface area (Å²) in [5.74, 6) is -0.634. The second kappa shape index (κ2) is 4.56. The number of esters is 1. The predicted octanol–water partition coefficient (Wildman–Crippen LogP) is 3.04. The zero-order valence-corrected chi connectivity index (χ0v) is 14.2. The number of Topliss-reactive ketones (excluding diaryl/α,β-unsaturated/α-hetero) is 1. The van der Waals surface area contributed by atoms with Gasteiger partial charge in [-0.2, -0.15) is 0 Å². The molecule has 4 rings (SSSR count). The number of aryl methyl sites for hydroxylation is 1. The smallest absolute Gasteiger partial charge is 0.319 e. The van der Waals surface area contributed by atoms with Crippen molar-refractivity contribution in [2.24, 2.45) is 0 Å². The Balaban J connectivity index is 2.29. The van der Waals surface area contributed by atoms with Gasteiger partial charge in [-0.3, -0.25) is 14.4 Å². The molecule has 1 aromatic heterocycles. The molecule has 0 N–H and O–H groups in total. The van der Waals surface area contributed by atoms with Gasteiger partial charge in [0.2, 0.25) is 0 Å². The molecule has 1 aromatic carbocycles. The summed E-state index contributed by atoms with van der Waals surface area (Å²) in [5.41, 5.74) is 2.13. The third-order valence-corrected chi connectivity index (χ3v) is 5.14. The van der Waals surface area contributed by atoms with Crippen molar-refractivity contribution >= 4 is 22.7 Å². The van der Waals surface area contributed by atoms with Crippen LogP contribution in [0.4, 0.5) is 0 Å². The van der Waals surface area contributed by atoms with Crippen LogP contribution < -0.4 is 10.3 Å². The summed E-state index contributed by atoms with van der Waals surface area (Å²) in [6.07, 6.45) is 0.439. The Hall–Kier alpha value is -2.43. The van der Waals surface area contributed by atoms with Gasteiger partial charge >= 0.3 is 5.97 Å². The van der Waals surface area contributed by atoms with Crippen LogP contribution in [-0.4, -0.2) is 16.3 Å². The highest BCUT2D eigenvalue weighted by atomic mass is 16.5. The van der Waals surface area contributed by atoms with Crippen LogP contribution in [0, 0.1) is 6.92 Å². The number of pyridine rings is 1. The first kappa shape index (κ1) is 15.1. The zero-order chi connectivity index (χ0) is 17.4. The Bertz CT molecular complexity index is 997. The van der Waals surface area contributed by atoms with E-state index in [0.29, 0.717) is 5.39 Å². The van der Waals surface area contributed by atoms with Crippen molar-refractivity contribution in [1.29, 1.82) is 0 Å². The number of ether oxygens (including phenoxy) is 1. The fourth-order valence-corrected chi connectivity index (χ4v) is 4.30. The number of carbonyl (C=O) groups excluding carboxylic acids is 2. The Kier molecular flexibility index (Phi) is 2.87. The minimum atomic E-state index is -0.599. The predicted molar refractivity (Wildman–Crippen MR) is 89.9 cm³/mol. The van der Waals surface area contributed by atoms with Crippen molar-refractivity contribution in [3.63, 3.8) is 0 Å². The van der Waals surface area contributed by atoms with E-state index < -0.39 is 17.3 Å². The van der Waals surface area contributed by atoms with Gasteiger partial charge in [0.25, 0.3) is 5.56 Å². The van der Waals surface area contributed by atoms with E-state index in [4.69, 9.17) is 4.74 Å². The average Bonchev–Trinajstić information content (AvgIpc) is 2.44. The number of hydrogen-bond donors (Lipinski definition) is 0. The topological polar surface area (TPSA) is 65.4 Å². The maximum atomic E-state index is 13.1. The summed E-state index contributed by atoms with van der Waals surface area (Å²) in [7, 11) is 0. The van der Waals surface area contributed by atoms with Crippen molar-refractivity contribution in [1.82, 2.24) is 4.57 Å². The lowest BCUT2D eigenvalue weighted by Crippen LogP contribution is -2.44. The SMILES string of the molecule is Cc1cc2c3c(c1)c1c(c(=O)n3C(C)(C)CC2C)C(=O)CC(=O)O1. The normalized spacial score (nSPS) is 21.6. The number of aromatic nitrogens is 1. The molecular weight excluding hydrogens is 306 g/mol. The third kappa shape index (κ3) is 1.84. The Morgan fingerprint density at radius 2 is 1.92 bits per heavy atom. The Morgan fingerprint density at radius 3 is 2.62 bits per heavy atom. The minimum Gasteiger partial charge on any atom is -0.424 e. The fourth-order valence-electron chi connectivity index (χ4n) is 4.30. The van der Waals surface area contributed by atoms with Crippen molar-refractivity contribution < 1.29 is 14.3 Å². The molecule has 0 amide bonds. The van der Waals surface area contributed by atoms with Crippen molar-refractivity contribution in [2.45, 2.75) is 52.0 Å². The molecule has 2 aliphatic heterocycles. The molecule has 0 saturated carbocycles. The van der Waals surface area contributed by atoms with E-state index in [9.17, 15) is 14.4 Å². The molecule has 5 nitrogen and oxygen atoms in total. The molecule has 3 heterocycles. The first-order valence-electron chi connectivity index (χ1n) is 8.18. The maximum absolute atomic E-state index is 13.1. The van der Waals surface area contributed by atoms with E-state index in [-0.39, 0.29) is 29.2 Å². The number of carbonyl (C=O) groups is 2. The lowest BCUT2D eigenvalue weighted by Gasteiger charge is -2.39. The van der Waals surface area contributed by atoms with Crippen molar-refractivity contribution in [3.05, 3.63) is 39.2 Å². The molecule has 0 spiro atoms. The summed E-state index contributed by atoms with van der Waals surface area (Å²) in [4.78, 5) is 37.3. The summed E-state index contributed by atoms with van der Waals surface area (Å²) >= 11 is 0. The summed E-state index contributed by atoms with van der Waals surface area (Å²) in [6, 6.07) is 3.98. The Labute approximate surface area is 139 Å². The first-order chi connectivity index (χ1) is 11.2. The van der Waals surface area contributed by atoms with E-state index in [2.05, 4.69) is 13.0 Å². The van der Waals surface area contributed by atoms with Crippen LogP contribution in [0.25, 0.3) is 10.9 Å². The van der Waals surface area contributed by atoms with Gasteiger partial charge in [-0.15, -0.1) is 0 Å². The molecule has 24 heavy (non-hydrogen) atoms. The first-order valence-corrected chi connectivity index (χ1v) is 8.18. The highest BCUT2D eigenvalue weighted by Gasteiger charge is 2.39. The molecular formula is C19H19NO4. The van der Waals surface area contributed by atoms with E-state index >= 15 is 0 Å². The van der Waals surface area contributed by atoms with Crippen LogP contribution in [0.2, 0.25) is 0 Å². The largest absolute Gasteiger partial charge is 0.424 e. The van der Waals surface area contributed by atoms with E-state index in [1.807, 2.05) is 26.8 Å². The molecule has 0 aliphatic carbocycles. The van der Waals surface area contributed by atoms with E-state index in [1.165, 1.54) is 0 Å². The third-order valence-electron chi connectivity index (χ3n) is 5.14. The van der Waals surface area contributed by atoms with Crippen molar-refractivity contribution in [3.8, 4) is 5.75 Å². The fraction of sp³-hybridized carbons (Fsp3) is 0.421. The van der Waals surface area contributed by atoms with E-state index in [1.54, 1.807) is 4.57 Å². The number of hydrogen-bond acceptors (Lipinski definition) is 4. The van der Waals surface area contributed by atoms with Crippen LogP contribution in [0.1, 0.15) is 61.0 Å². The number of fused-ring (bicyclic) bond motifs is 2. The molecule has 0 bridgehead atoms. The standard InChI is InChI=1S/C19H19NO4/c1-9-5-11-10(2)8-19(3,4)20-16(11)12(6-9)17-15(18(20)23)13(21)7-14(22)24-17/h5-6,10H,7-8H2,1-4H3. The van der Waals surface area contributed by atoms with Crippen LogP contribution in [0.15, 0.2) is 16.9 Å². The second-order valence-corrected chi connectivity index (χ2v) is 7.59. The quantitative estimate of drug-likeness (QED) is 0.551. The molecule has 5 heteroatoms. The molecule has 1 unspecified atom stereocenters. The number of rotatable bonds is 0. The van der Waals surface area contributed by atoms with Gasteiger partial charge in [0.15, 0.2) is 11.5 Å². The summed E-state index contributed by atoms with van der Waals surface area (Å²) in [5, 5.41) is 0.681. The molecule has 2 aromatic rings. The molecule has 0 fully saturated rings. The molecule has 0 radical (unpaired) electrons. The van der Waals surface area contributed by atoms with Crippen molar-refractivity contribution in [2.75, 3.05) is 0 Å². The zero-order valence-electron chi connectivity index (χ0n) is 14.2. The number of benzene rings is 1. The molecule has 1 atom stereocenters. The highest BCUT2D eigenvalue weighted by molar-refractivity contribution is 6.14. The van der Waals surface area contributed by atoms with Gasteiger partial charge in [-0.25, -0.2) is 0 Å². The average molecular weight is 325 g/mol. The van der Waals surface area contributed by atoms with Gasteiger partial charge in [-0.1, -0.05) is 13.0 Å². The van der Waals surface area contributed by atoms with Crippen LogP contribution in [-0.2, 0) is 10.3 Å². The van der Waals surface area contributed by atoms with Gasteiger partial charge in [-0.05, 0) is 50.3 Å². The van der Waals surface area contributed by atoms with Gasteiger partial charge in [0.1, 0.15) is 12.0 Å². The monoisotopic (exact) mass is 325 g/mol. The summed E-state index contributed by atoms with van der Waals surface area (Å²) < 4.78 is 7.09. The Morgan fingerprint density at radius 1 is 1.21 bits per heavy atom. The van der Waals surface area contributed by atoms with Crippen LogP contribution >= 0.6 is 0 Å². The van der Waals surface area contributed by atoms with Gasteiger partial charge in [0, 0.05) is 10.9 Å². The number of ketones is 1. The van der Waals surface area contributed by atoms with Gasteiger partial charge < -0.3 is 9.30 Å². The minimum absolute atomic E-state index is 0.0151. The van der Waals surface area contributed by atoms with Gasteiger partial charge in [0.05, 0.1) is 5.52 Å². The van der Waals surface area contributed by atoms with E-state index in [0.717, 1.165) is 23.1 Å². The van der Waals surface area contributed by atoms with Crippen LogP contribution in [0.3, 0.4) is 0 Å². The maximum Gasteiger partial charge on any atom is 0.319 e. The lowest BCUT2D eigenvalue weighted by atomic mass is 9.80. The number of nitrogens with zero attached hydrogens (tertiary/aromatic N) is 1. The molecule has 2 aliphatic rings. The molecule has 124 valence electrons. The van der Waals surface area contributed by atoms with Crippen LogP contribution in [0.5, 0.6) is 5.75 Å². The lowest BCUT2D eigenvalue weighted by molar-refractivity contribution is -0.133. The molecule has 0 saturated heterocycles. The second-order valence-electron chi connectivity index (χ2n) is 7.59. The highest BCUT2D eigenvalue weighted by Crippen LogP contribution is 2.44.